The van der Waals surface area contributed by atoms with Gasteiger partial charge in [-0.1, -0.05) is 6.92 Å². The topological polar surface area (TPSA) is 32.3 Å². The lowest BCUT2D eigenvalue weighted by Gasteiger charge is -2.32. The van der Waals surface area contributed by atoms with Crippen LogP contribution < -0.4 is 5.32 Å². The van der Waals surface area contributed by atoms with Gasteiger partial charge in [0.25, 0.3) is 5.91 Å². The molecule has 1 amide bonds. The Balaban J connectivity index is 2.67. The molecule has 1 N–H and O–H groups in total. The first kappa shape index (κ1) is 16.2. The number of halogens is 4. The van der Waals surface area contributed by atoms with Gasteiger partial charge in [-0.2, -0.15) is 8.78 Å². The maximum Gasteiger partial charge on any atom is 0.383 e. The van der Waals surface area contributed by atoms with Crippen molar-refractivity contribution in [3.8, 4) is 0 Å². The highest BCUT2D eigenvalue weighted by atomic mass is 19.3. The third-order valence-electron chi connectivity index (χ3n) is 3.22. The summed E-state index contributed by atoms with van der Waals surface area (Å²) in [4.78, 5) is 12.4. The van der Waals surface area contributed by atoms with E-state index < -0.39 is 18.3 Å². The average Bonchev–Trinajstić information content (AvgIpc) is 2.38. The maximum absolute atomic E-state index is 13.1. The number of amides is 1. The lowest BCUT2D eigenvalue weighted by atomic mass is 9.98. The summed E-state index contributed by atoms with van der Waals surface area (Å²) < 4.78 is 50.7. The Morgan fingerprint density at radius 2 is 2.16 bits per heavy atom. The fourth-order valence-electron chi connectivity index (χ4n) is 2.24. The molecular formula is C12H20F4N2O. The molecular weight excluding hydrogens is 264 g/mol. The Morgan fingerprint density at radius 1 is 1.47 bits per heavy atom. The van der Waals surface area contributed by atoms with E-state index in [0.717, 1.165) is 24.3 Å². The molecule has 1 heterocycles. The van der Waals surface area contributed by atoms with E-state index in [1.54, 1.807) is 6.92 Å². The number of rotatable bonds is 6. The molecule has 0 saturated carbocycles. The summed E-state index contributed by atoms with van der Waals surface area (Å²) in [6, 6.07) is 0. The fraction of sp³-hybridized carbons (Fsp3) is 0.917. The van der Waals surface area contributed by atoms with Crippen LogP contribution in [0, 0.1) is 5.92 Å². The van der Waals surface area contributed by atoms with Crippen LogP contribution in [0.15, 0.2) is 0 Å². The average molecular weight is 284 g/mol. The van der Waals surface area contributed by atoms with Crippen molar-refractivity contribution in [2.24, 2.45) is 5.92 Å². The quantitative estimate of drug-likeness (QED) is 0.758. The van der Waals surface area contributed by atoms with Crippen LogP contribution in [-0.2, 0) is 4.79 Å². The first-order chi connectivity index (χ1) is 8.89. The number of nitrogens with zero attached hydrogens (tertiary/aromatic N) is 1. The van der Waals surface area contributed by atoms with Crippen molar-refractivity contribution >= 4 is 5.91 Å². The van der Waals surface area contributed by atoms with Crippen LogP contribution in [0.4, 0.5) is 17.6 Å². The Morgan fingerprint density at radius 3 is 2.63 bits per heavy atom. The van der Waals surface area contributed by atoms with Gasteiger partial charge in [0.15, 0.2) is 0 Å². The number of alkyl halides is 4. The van der Waals surface area contributed by atoms with Crippen molar-refractivity contribution in [3.05, 3.63) is 0 Å². The molecule has 0 aliphatic carbocycles. The van der Waals surface area contributed by atoms with E-state index in [1.807, 2.05) is 0 Å². The smallest absolute Gasteiger partial charge is 0.337 e. The highest BCUT2D eigenvalue weighted by Crippen LogP contribution is 2.26. The van der Waals surface area contributed by atoms with Gasteiger partial charge in [-0.3, -0.25) is 4.79 Å². The van der Waals surface area contributed by atoms with E-state index in [0.29, 0.717) is 13.0 Å². The number of hydrogen-bond donors (Lipinski definition) is 1. The van der Waals surface area contributed by atoms with Gasteiger partial charge in [0, 0.05) is 13.1 Å². The Bertz CT molecular complexity index is 293. The lowest BCUT2D eigenvalue weighted by Crippen LogP contribution is -2.50. The molecule has 1 unspecified atom stereocenters. The number of piperidine rings is 1. The van der Waals surface area contributed by atoms with Crippen molar-refractivity contribution in [1.82, 2.24) is 10.2 Å². The molecule has 0 aromatic heterocycles. The Labute approximate surface area is 110 Å². The van der Waals surface area contributed by atoms with Crippen LogP contribution in [-0.4, -0.2) is 49.3 Å². The molecule has 1 fully saturated rings. The second-order valence-electron chi connectivity index (χ2n) is 4.89. The highest BCUT2D eigenvalue weighted by Gasteiger charge is 2.51. The van der Waals surface area contributed by atoms with Crippen LogP contribution in [0.2, 0.25) is 0 Å². The number of carbonyl (C=O) groups excluding carboxylic acids is 1. The van der Waals surface area contributed by atoms with Crippen molar-refractivity contribution in [2.75, 3.05) is 26.2 Å². The molecule has 0 aromatic rings. The summed E-state index contributed by atoms with van der Waals surface area (Å²) in [6.45, 7) is 3.42. The van der Waals surface area contributed by atoms with Crippen molar-refractivity contribution in [3.63, 3.8) is 0 Å². The van der Waals surface area contributed by atoms with Gasteiger partial charge in [0.05, 0.1) is 0 Å². The van der Waals surface area contributed by atoms with Gasteiger partial charge >= 0.3 is 12.3 Å². The second kappa shape index (κ2) is 7.07. The number of carbonyl (C=O) groups is 1. The van der Waals surface area contributed by atoms with Crippen LogP contribution in [0.1, 0.15) is 26.2 Å². The molecule has 3 nitrogen and oxygen atoms in total. The molecule has 0 aromatic carbocycles. The Hall–Kier alpha value is -0.850. The van der Waals surface area contributed by atoms with Crippen molar-refractivity contribution < 1.29 is 22.4 Å². The van der Waals surface area contributed by atoms with E-state index in [9.17, 15) is 22.4 Å². The van der Waals surface area contributed by atoms with Gasteiger partial charge in [0.2, 0.25) is 0 Å². The van der Waals surface area contributed by atoms with Crippen LogP contribution in [0.5, 0.6) is 0 Å². The largest absolute Gasteiger partial charge is 0.383 e. The number of hydrogen-bond acceptors (Lipinski definition) is 2. The summed E-state index contributed by atoms with van der Waals surface area (Å²) in [7, 11) is 0. The summed E-state index contributed by atoms with van der Waals surface area (Å²) in [5, 5.41) is 3.11. The van der Waals surface area contributed by atoms with E-state index >= 15 is 0 Å². The molecule has 1 aliphatic rings. The molecule has 1 aliphatic heterocycles. The normalized spacial score (nSPS) is 20.6. The zero-order chi connectivity index (χ0) is 14.5. The van der Waals surface area contributed by atoms with E-state index in [4.69, 9.17) is 0 Å². The fourth-order valence-corrected chi connectivity index (χ4v) is 2.24. The minimum absolute atomic E-state index is 0.0534. The molecule has 1 atom stereocenters. The molecule has 0 bridgehead atoms. The van der Waals surface area contributed by atoms with E-state index in [2.05, 4.69) is 5.32 Å². The molecule has 1 rings (SSSR count). The Kier molecular flexibility index (Phi) is 6.03. The van der Waals surface area contributed by atoms with Gasteiger partial charge in [-0.25, -0.2) is 8.78 Å². The minimum atomic E-state index is -4.59. The maximum atomic E-state index is 13.1. The van der Waals surface area contributed by atoms with Crippen molar-refractivity contribution in [1.29, 1.82) is 0 Å². The van der Waals surface area contributed by atoms with Crippen molar-refractivity contribution in [2.45, 2.75) is 38.5 Å². The summed E-state index contributed by atoms with van der Waals surface area (Å²) in [5.74, 6) is -6.29. The standard InChI is InChI=1S/C12H20F4N2O/c1-2-6-18(8-9-4-3-5-17-7-9)11(19)12(15,16)10(13)14/h9-10,17H,2-8H2,1H3. The van der Waals surface area contributed by atoms with E-state index in [-0.39, 0.29) is 19.0 Å². The molecule has 0 radical (unpaired) electrons. The first-order valence-electron chi connectivity index (χ1n) is 6.55. The number of nitrogens with one attached hydrogen (secondary N) is 1. The predicted octanol–water partition coefficient (Wildman–Crippen LogP) is 2.12. The lowest BCUT2D eigenvalue weighted by molar-refractivity contribution is -0.181. The monoisotopic (exact) mass is 284 g/mol. The molecule has 112 valence electrons. The van der Waals surface area contributed by atoms with Crippen LogP contribution in [0.25, 0.3) is 0 Å². The molecule has 19 heavy (non-hydrogen) atoms. The van der Waals surface area contributed by atoms with Gasteiger partial charge in [-0.15, -0.1) is 0 Å². The first-order valence-corrected chi connectivity index (χ1v) is 6.55. The molecule has 0 spiro atoms. The SMILES string of the molecule is CCCN(CC1CCCNC1)C(=O)C(F)(F)C(F)F. The summed E-state index contributed by atoms with van der Waals surface area (Å²) in [6.07, 6.45) is -1.76. The molecule has 7 heteroatoms. The third-order valence-corrected chi connectivity index (χ3v) is 3.22. The summed E-state index contributed by atoms with van der Waals surface area (Å²) >= 11 is 0. The molecule has 1 saturated heterocycles. The van der Waals surface area contributed by atoms with E-state index in [1.165, 1.54) is 0 Å². The third kappa shape index (κ3) is 4.33. The van der Waals surface area contributed by atoms with Crippen LogP contribution in [0.3, 0.4) is 0 Å². The van der Waals surface area contributed by atoms with Gasteiger partial charge in [-0.05, 0) is 38.3 Å². The van der Waals surface area contributed by atoms with Gasteiger partial charge < -0.3 is 10.2 Å². The predicted molar refractivity (Wildman–Crippen MR) is 63.4 cm³/mol. The zero-order valence-corrected chi connectivity index (χ0v) is 11.0. The van der Waals surface area contributed by atoms with Crippen LogP contribution >= 0.6 is 0 Å². The van der Waals surface area contributed by atoms with Gasteiger partial charge in [0.1, 0.15) is 0 Å². The zero-order valence-electron chi connectivity index (χ0n) is 11.0. The minimum Gasteiger partial charge on any atom is -0.337 e. The summed E-state index contributed by atoms with van der Waals surface area (Å²) in [5.41, 5.74) is 0. The second-order valence-corrected chi connectivity index (χ2v) is 4.89. The highest BCUT2D eigenvalue weighted by molar-refractivity contribution is 5.84.